The van der Waals surface area contributed by atoms with E-state index in [1.54, 1.807) is 13.8 Å². The van der Waals surface area contributed by atoms with Crippen LogP contribution >= 0.6 is 0 Å². The van der Waals surface area contributed by atoms with E-state index in [1.807, 2.05) is 0 Å². The van der Waals surface area contributed by atoms with Crippen LogP contribution < -0.4 is 15.2 Å². The molecule has 0 atom stereocenters. The van der Waals surface area contributed by atoms with Gasteiger partial charge in [0.2, 0.25) is 20.0 Å². The van der Waals surface area contributed by atoms with Gasteiger partial charge in [0, 0.05) is 18.8 Å². The molecule has 0 unspecified atom stereocenters. The van der Waals surface area contributed by atoms with E-state index in [1.165, 1.54) is 52.8 Å². The predicted molar refractivity (Wildman–Crippen MR) is 108 cm³/mol. The molecule has 0 saturated heterocycles. The highest BCUT2D eigenvalue weighted by Crippen LogP contribution is 2.19. The van der Waals surface area contributed by atoms with Crippen molar-refractivity contribution in [1.82, 2.24) is 4.31 Å². The lowest BCUT2D eigenvalue weighted by molar-refractivity contribution is -0.118. The molecular formula is C18H23N3O6S2. The molecule has 0 saturated carbocycles. The third-order valence-corrected chi connectivity index (χ3v) is 7.00. The zero-order chi connectivity index (χ0) is 21.7. The first-order valence-electron chi connectivity index (χ1n) is 8.73. The van der Waals surface area contributed by atoms with E-state index in [4.69, 9.17) is 9.88 Å². The highest BCUT2D eigenvalue weighted by atomic mass is 32.2. The summed E-state index contributed by atoms with van der Waals surface area (Å²) in [5.41, 5.74) is 0.381. The van der Waals surface area contributed by atoms with E-state index >= 15 is 0 Å². The number of primary sulfonamides is 1. The van der Waals surface area contributed by atoms with Crippen molar-refractivity contribution in [3.05, 3.63) is 48.5 Å². The molecule has 0 bridgehead atoms. The van der Waals surface area contributed by atoms with Crippen molar-refractivity contribution in [2.24, 2.45) is 5.14 Å². The maximum Gasteiger partial charge on any atom is 0.262 e. The summed E-state index contributed by atoms with van der Waals surface area (Å²) in [6.45, 7) is 3.96. The first kappa shape index (κ1) is 22.8. The number of amides is 1. The maximum absolute atomic E-state index is 12.4. The van der Waals surface area contributed by atoms with Gasteiger partial charge in [-0.2, -0.15) is 4.31 Å². The van der Waals surface area contributed by atoms with E-state index in [2.05, 4.69) is 5.32 Å². The molecule has 1 amide bonds. The van der Waals surface area contributed by atoms with Crippen LogP contribution in [0.3, 0.4) is 0 Å². The van der Waals surface area contributed by atoms with Crippen molar-refractivity contribution in [3.63, 3.8) is 0 Å². The Bertz CT molecular complexity index is 1050. The number of nitrogens with one attached hydrogen (secondary N) is 1. The van der Waals surface area contributed by atoms with E-state index in [9.17, 15) is 21.6 Å². The largest absolute Gasteiger partial charge is 0.484 e. The molecule has 0 radical (unpaired) electrons. The third-order valence-electron chi connectivity index (χ3n) is 4.00. The number of hydrogen-bond acceptors (Lipinski definition) is 6. The van der Waals surface area contributed by atoms with Crippen LogP contribution in [0.1, 0.15) is 13.8 Å². The van der Waals surface area contributed by atoms with Gasteiger partial charge in [0.25, 0.3) is 5.91 Å². The molecule has 0 aliphatic rings. The lowest BCUT2D eigenvalue weighted by atomic mass is 10.3. The van der Waals surface area contributed by atoms with Crippen molar-refractivity contribution in [3.8, 4) is 5.75 Å². The molecule has 3 N–H and O–H groups in total. The molecule has 2 aromatic rings. The number of nitrogens with two attached hydrogens (primary N) is 1. The smallest absolute Gasteiger partial charge is 0.262 e. The standard InChI is InChI=1S/C18H23N3O6S2/c1-3-21(4-2)29(25,26)17-11-7-15(8-12-17)27-13-18(22)20-14-5-9-16(10-6-14)28(19,23)24/h5-12H,3-4,13H2,1-2H3,(H,20,22)(H2,19,23,24). The number of carbonyl (C=O) groups excluding carboxylic acids is 1. The summed E-state index contributed by atoms with van der Waals surface area (Å²) in [7, 11) is -7.36. The van der Waals surface area contributed by atoms with E-state index in [0.717, 1.165) is 0 Å². The Morgan fingerprint density at radius 3 is 1.93 bits per heavy atom. The first-order chi connectivity index (χ1) is 13.6. The van der Waals surface area contributed by atoms with Crippen LogP contribution in [0.15, 0.2) is 58.3 Å². The fourth-order valence-corrected chi connectivity index (χ4v) is 4.47. The van der Waals surface area contributed by atoms with Gasteiger partial charge in [-0.1, -0.05) is 13.8 Å². The normalized spacial score (nSPS) is 12.0. The van der Waals surface area contributed by atoms with Crippen molar-refractivity contribution < 1.29 is 26.4 Å². The monoisotopic (exact) mass is 441 g/mol. The Balaban J connectivity index is 1.95. The molecular weight excluding hydrogens is 418 g/mol. The topological polar surface area (TPSA) is 136 Å². The second-order valence-corrected chi connectivity index (χ2v) is 9.47. The molecule has 9 nitrogen and oxygen atoms in total. The molecule has 2 rings (SSSR count). The molecule has 0 spiro atoms. The average molecular weight is 442 g/mol. The SMILES string of the molecule is CCN(CC)S(=O)(=O)c1ccc(OCC(=O)Nc2ccc(S(N)(=O)=O)cc2)cc1. The number of ether oxygens (including phenoxy) is 1. The quantitative estimate of drug-likeness (QED) is 0.603. The summed E-state index contributed by atoms with van der Waals surface area (Å²) < 4.78 is 54.0. The summed E-state index contributed by atoms with van der Waals surface area (Å²) in [4.78, 5) is 12.1. The van der Waals surface area contributed by atoms with Crippen LogP contribution in [0.25, 0.3) is 0 Å². The summed E-state index contributed by atoms with van der Waals surface area (Å²) in [5, 5.41) is 7.57. The third kappa shape index (κ3) is 6.00. The number of carbonyl (C=O) groups is 1. The summed E-state index contributed by atoms with van der Waals surface area (Å²) in [6.07, 6.45) is 0. The van der Waals surface area contributed by atoms with Gasteiger partial charge in [-0.05, 0) is 48.5 Å². The van der Waals surface area contributed by atoms with E-state index < -0.39 is 26.0 Å². The van der Waals surface area contributed by atoms with E-state index in [0.29, 0.717) is 24.5 Å². The lowest BCUT2D eigenvalue weighted by Crippen LogP contribution is -2.30. The van der Waals surface area contributed by atoms with Crippen molar-refractivity contribution in [2.75, 3.05) is 25.0 Å². The highest BCUT2D eigenvalue weighted by molar-refractivity contribution is 7.89. The van der Waals surface area contributed by atoms with Crippen LogP contribution in [0.4, 0.5) is 5.69 Å². The number of benzene rings is 2. The average Bonchev–Trinajstić information content (AvgIpc) is 2.67. The number of nitrogens with zero attached hydrogens (tertiary/aromatic N) is 1. The minimum absolute atomic E-state index is 0.0634. The summed E-state index contributed by atoms with van der Waals surface area (Å²) in [6, 6.07) is 11.2. The fourth-order valence-electron chi connectivity index (χ4n) is 2.49. The van der Waals surface area contributed by atoms with Crippen LogP contribution in [-0.4, -0.2) is 46.7 Å². The number of anilines is 1. The molecule has 0 heterocycles. The Kier molecular flexibility index (Phi) is 7.36. The van der Waals surface area contributed by atoms with Gasteiger partial charge >= 0.3 is 0 Å². The van der Waals surface area contributed by atoms with Gasteiger partial charge in [-0.25, -0.2) is 22.0 Å². The van der Waals surface area contributed by atoms with Gasteiger partial charge in [-0.3, -0.25) is 4.79 Å². The molecule has 2 aromatic carbocycles. The van der Waals surface area contributed by atoms with Crippen LogP contribution in [0.2, 0.25) is 0 Å². The molecule has 11 heteroatoms. The number of rotatable bonds is 9. The van der Waals surface area contributed by atoms with Crippen LogP contribution in [-0.2, 0) is 24.8 Å². The minimum atomic E-state index is -3.80. The van der Waals surface area contributed by atoms with Gasteiger partial charge in [-0.15, -0.1) is 0 Å². The zero-order valence-corrected chi connectivity index (χ0v) is 17.7. The number of hydrogen-bond donors (Lipinski definition) is 2. The minimum Gasteiger partial charge on any atom is -0.484 e. The van der Waals surface area contributed by atoms with Gasteiger partial charge in [0.15, 0.2) is 6.61 Å². The van der Waals surface area contributed by atoms with Crippen molar-refractivity contribution >= 4 is 31.6 Å². The summed E-state index contributed by atoms with van der Waals surface area (Å²) >= 11 is 0. The van der Waals surface area contributed by atoms with Crippen molar-refractivity contribution in [2.45, 2.75) is 23.6 Å². The second kappa shape index (κ2) is 9.35. The molecule has 0 aliphatic carbocycles. The Morgan fingerprint density at radius 2 is 1.45 bits per heavy atom. The highest BCUT2D eigenvalue weighted by Gasteiger charge is 2.21. The lowest BCUT2D eigenvalue weighted by Gasteiger charge is -2.18. The maximum atomic E-state index is 12.4. The van der Waals surface area contributed by atoms with Gasteiger partial charge in [0.1, 0.15) is 5.75 Å². The Morgan fingerprint density at radius 1 is 0.931 bits per heavy atom. The Labute approximate surface area is 170 Å². The molecule has 29 heavy (non-hydrogen) atoms. The predicted octanol–water partition coefficient (Wildman–Crippen LogP) is 1.38. The molecule has 0 fully saturated rings. The Hall–Kier alpha value is -2.47. The zero-order valence-electron chi connectivity index (χ0n) is 16.0. The van der Waals surface area contributed by atoms with E-state index in [-0.39, 0.29) is 16.4 Å². The first-order valence-corrected chi connectivity index (χ1v) is 11.7. The van der Waals surface area contributed by atoms with Crippen LogP contribution in [0, 0.1) is 0 Å². The van der Waals surface area contributed by atoms with Crippen molar-refractivity contribution in [1.29, 1.82) is 0 Å². The fraction of sp³-hybridized carbons (Fsp3) is 0.278. The van der Waals surface area contributed by atoms with Crippen LogP contribution in [0.5, 0.6) is 5.75 Å². The van der Waals surface area contributed by atoms with Gasteiger partial charge in [0.05, 0.1) is 9.79 Å². The summed E-state index contributed by atoms with van der Waals surface area (Å²) in [5.74, 6) is -0.128. The molecule has 0 aliphatic heterocycles. The molecule has 158 valence electrons. The van der Waals surface area contributed by atoms with Gasteiger partial charge < -0.3 is 10.1 Å². The number of sulfonamides is 2. The second-order valence-electron chi connectivity index (χ2n) is 5.97. The molecule has 0 aromatic heterocycles.